The van der Waals surface area contributed by atoms with Gasteiger partial charge in [0.25, 0.3) is 0 Å². The number of ether oxygens (including phenoxy) is 2. The van der Waals surface area contributed by atoms with Crippen LogP contribution in [0, 0.1) is 17.6 Å². The SMILES string of the molecule is COc1ccc(C(=O)C2CC3COCC(C2)N3Cc2ccccc2)c(F)c1F. The number of nitrogens with zero attached hydrogens (tertiary/aromatic N) is 1. The Bertz CT molecular complexity index is 844. The molecule has 0 N–H and O–H groups in total. The average Bonchev–Trinajstić information content (AvgIpc) is 2.70. The molecule has 2 atom stereocenters. The summed E-state index contributed by atoms with van der Waals surface area (Å²) in [6.07, 6.45) is 1.16. The van der Waals surface area contributed by atoms with Gasteiger partial charge in [-0.1, -0.05) is 30.3 Å². The Morgan fingerprint density at radius 2 is 1.75 bits per heavy atom. The fraction of sp³-hybridized carbons (Fsp3) is 0.409. The average molecular weight is 387 g/mol. The first-order valence-corrected chi connectivity index (χ1v) is 9.52. The highest BCUT2D eigenvalue weighted by atomic mass is 19.2. The van der Waals surface area contributed by atoms with E-state index in [2.05, 4.69) is 17.0 Å². The molecule has 0 radical (unpaired) electrons. The third kappa shape index (κ3) is 3.54. The zero-order valence-electron chi connectivity index (χ0n) is 15.7. The molecule has 0 aliphatic carbocycles. The number of morpholine rings is 1. The van der Waals surface area contributed by atoms with E-state index in [9.17, 15) is 13.6 Å². The van der Waals surface area contributed by atoms with E-state index in [0.717, 1.165) is 6.54 Å². The molecule has 2 aromatic rings. The first-order chi connectivity index (χ1) is 13.6. The summed E-state index contributed by atoms with van der Waals surface area (Å²) in [7, 11) is 1.27. The van der Waals surface area contributed by atoms with Crippen molar-refractivity contribution in [3.05, 3.63) is 65.2 Å². The summed E-state index contributed by atoms with van der Waals surface area (Å²) >= 11 is 0. The van der Waals surface area contributed by atoms with Crippen molar-refractivity contribution in [1.82, 2.24) is 4.90 Å². The first-order valence-electron chi connectivity index (χ1n) is 9.52. The Balaban J connectivity index is 1.53. The molecule has 2 aliphatic rings. The summed E-state index contributed by atoms with van der Waals surface area (Å²) in [6, 6.07) is 13.0. The number of benzene rings is 2. The van der Waals surface area contributed by atoms with E-state index < -0.39 is 11.6 Å². The lowest BCUT2D eigenvalue weighted by atomic mass is 9.80. The molecule has 4 rings (SSSR count). The summed E-state index contributed by atoms with van der Waals surface area (Å²) in [5.74, 6) is -3.11. The first kappa shape index (κ1) is 19.0. The molecule has 6 heteroatoms. The van der Waals surface area contributed by atoms with E-state index in [1.165, 1.54) is 24.8 Å². The maximum absolute atomic E-state index is 14.4. The summed E-state index contributed by atoms with van der Waals surface area (Å²) in [5, 5.41) is 0. The maximum Gasteiger partial charge on any atom is 0.201 e. The van der Waals surface area contributed by atoms with Crippen LogP contribution in [0.5, 0.6) is 5.75 Å². The van der Waals surface area contributed by atoms with Crippen LogP contribution in [-0.4, -0.2) is 43.1 Å². The number of fused-ring (bicyclic) bond motifs is 2. The molecule has 2 heterocycles. The number of carbonyl (C=O) groups is 1. The Morgan fingerprint density at radius 3 is 2.39 bits per heavy atom. The maximum atomic E-state index is 14.4. The van der Waals surface area contributed by atoms with Crippen molar-refractivity contribution < 1.29 is 23.0 Å². The zero-order valence-corrected chi connectivity index (χ0v) is 15.7. The van der Waals surface area contributed by atoms with Crippen LogP contribution in [0.2, 0.25) is 0 Å². The van der Waals surface area contributed by atoms with Crippen LogP contribution < -0.4 is 4.74 Å². The van der Waals surface area contributed by atoms with Crippen molar-refractivity contribution in [3.8, 4) is 5.75 Å². The molecule has 148 valence electrons. The second-order valence-electron chi connectivity index (χ2n) is 7.48. The molecule has 4 nitrogen and oxygen atoms in total. The van der Waals surface area contributed by atoms with Gasteiger partial charge in [-0.15, -0.1) is 0 Å². The van der Waals surface area contributed by atoms with Crippen molar-refractivity contribution in [3.63, 3.8) is 0 Å². The minimum Gasteiger partial charge on any atom is -0.494 e. The number of piperidine rings is 1. The van der Waals surface area contributed by atoms with Crippen LogP contribution in [0.25, 0.3) is 0 Å². The van der Waals surface area contributed by atoms with Crippen LogP contribution in [0.4, 0.5) is 8.78 Å². The smallest absolute Gasteiger partial charge is 0.201 e. The van der Waals surface area contributed by atoms with Crippen molar-refractivity contribution in [1.29, 1.82) is 0 Å². The van der Waals surface area contributed by atoms with Gasteiger partial charge >= 0.3 is 0 Å². The Hall–Kier alpha value is -2.31. The van der Waals surface area contributed by atoms with E-state index in [-0.39, 0.29) is 35.1 Å². The minimum atomic E-state index is -1.13. The van der Waals surface area contributed by atoms with Gasteiger partial charge < -0.3 is 9.47 Å². The van der Waals surface area contributed by atoms with E-state index >= 15 is 0 Å². The van der Waals surface area contributed by atoms with E-state index in [4.69, 9.17) is 9.47 Å². The fourth-order valence-corrected chi connectivity index (χ4v) is 4.36. The van der Waals surface area contributed by atoms with Crippen LogP contribution in [0.15, 0.2) is 42.5 Å². The monoisotopic (exact) mass is 387 g/mol. The number of rotatable bonds is 5. The third-order valence-electron chi connectivity index (χ3n) is 5.78. The summed E-state index contributed by atoms with van der Waals surface area (Å²) in [4.78, 5) is 15.3. The van der Waals surface area contributed by atoms with Crippen LogP contribution in [0.3, 0.4) is 0 Å². The molecule has 0 aromatic heterocycles. The van der Waals surface area contributed by atoms with Crippen LogP contribution >= 0.6 is 0 Å². The van der Waals surface area contributed by atoms with Gasteiger partial charge in [0.15, 0.2) is 17.3 Å². The Morgan fingerprint density at radius 1 is 1.07 bits per heavy atom. The second kappa shape index (κ2) is 7.97. The van der Waals surface area contributed by atoms with Crippen molar-refractivity contribution >= 4 is 5.78 Å². The van der Waals surface area contributed by atoms with Gasteiger partial charge in [-0.2, -0.15) is 4.39 Å². The molecule has 0 saturated carbocycles. The minimum absolute atomic E-state index is 0.0906. The molecule has 2 saturated heterocycles. The molecular weight excluding hydrogens is 364 g/mol. The molecule has 0 amide bonds. The van der Waals surface area contributed by atoms with Gasteiger partial charge in [0.1, 0.15) is 0 Å². The number of carbonyl (C=O) groups excluding carboxylic acids is 1. The molecule has 2 aliphatic heterocycles. The van der Waals surface area contributed by atoms with Gasteiger partial charge in [0, 0.05) is 24.5 Å². The van der Waals surface area contributed by atoms with Crippen LogP contribution in [-0.2, 0) is 11.3 Å². The third-order valence-corrected chi connectivity index (χ3v) is 5.78. The van der Waals surface area contributed by atoms with Crippen LogP contribution in [0.1, 0.15) is 28.8 Å². The van der Waals surface area contributed by atoms with Gasteiger partial charge in [-0.05, 0) is 30.5 Å². The predicted octanol–water partition coefficient (Wildman–Crippen LogP) is 3.84. The van der Waals surface area contributed by atoms with E-state index in [0.29, 0.717) is 26.1 Å². The number of Topliss-reactive ketones (excluding diaryl/α,β-unsaturated/α-hetero) is 1. The topological polar surface area (TPSA) is 38.8 Å². The number of halogens is 2. The largest absolute Gasteiger partial charge is 0.494 e. The van der Waals surface area contributed by atoms with Crippen molar-refractivity contribution in [2.24, 2.45) is 5.92 Å². The number of methoxy groups -OCH3 is 1. The predicted molar refractivity (Wildman–Crippen MR) is 100 cm³/mol. The van der Waals surface area contributed by atoms with Gasteiger partial charge in [0.2, 0.25) is 5.82 Å². The summed E-state index contributed by atoms with van der Waals surface area (Å²) in [5.41, 5.74) is 1.02. The number of hydrogen-bond acceptors (Lipinski definition) is 4. The molecule has 0 spiro atoms. The highest BCUT2D eigenvalue weighted by molar-refractivity contribution is 5.98. The number of ketones is 1. The second-order valence-corrected chi connectivity index (χ2v) is 7.48. The Labute approximate surface area is 163 Å². The molecule has 2 unspecified atom stereocenters. The quantitative estimate of drug-likeness (QED) is 0.731. The lowest BCUT2D eigenvalue weighted by Gasteiger charge is -2.48. The Kier molecular flexibility index (Phi) is 5.42. The summed E-state index contributed by atoms with van der Waals surface area (Å²) in [6.45, 7) is 1.89. The molecule has 2 fully saturated rings. The van der Waals surface area contributed by atoms with Gasteiger partial charge in [-0.25, -0.2) is 4.39 Å². The normalized spacial score (nSPS) is 24.8. The van der Waals surface area contributed by atoms with Gasteiger partial charge in [0.05, 0.1) is 25.9 Å². The number of hydrogen-bond donors (Lipinski definition) is 0. The van der Waals surface area contributed by atoms with E-state index in [1.807, 2.05) is 18.2 Å². The highest BCUT2D eigenvalue weighted by Gasteiger charge is 2.42. The lowest BCUT2D eigenvalue weighted by Crippen LogP contribution is -2.57. The fourth-order valence-electron chi connectivity index (χ4n) is 4.36. The van der Waals surface area contributed by atoms with Crippen molar-refractivity contribution in [2.45, 2.75) is 31.5 Å². The molecule has 28 heavy (non-hydrogen) atoms. The molecular formula is C22H23F2NO3. The van der Waals surface area contributed by atoms with E-state index in [1.54, 1.807) is 0 Å². The molecule has 2 bridgehead atoms. The summed E-state index contributed by atoms with van der Waals surface area (Å²) < 4.78 is 38.9. The van der Waals surface area contributed by atoms with Gasteiger partial charge in [-0.3, -0.25) is 9.69 Å². The lowest BCUT2D eigenvalue weighted by molar-refractivity contribution is -0.0873. The molecule has 2 aromatic carbocycles. The van der Waals surface area contributed by atoms with Crippen molar-refractivity contribution in [2.75, 3.05) is 20.3 Å². The highest BCUT2D eigenvalue weighted by Crippen LogP contribution is 2.35. The zero-order chi connectivity index (χ0) is 19.7. The standard InChI is InChI=1S/C22H23F2NO3/c1-27-19-8-7-18(20(23)21(19)24)22(26)15-9-16-12-28-13-17(10-15)25(16)11-14-5-3-2-4-6-14/h2-8,15-17H,9-13H2,1H3.